The quantitative estimate of drug-likeness (QED) is 0.878. The fourth-order valence-corrected chi connectivity index (χ4v) is 3.91. The van der Waals surface area contributed by atoms with E-state index < -0.39 is 11.7 Å². The van der Waals surface area contributed by atoms with E-state index in [0.717, 1.165) is 25.1 Å². The first-order chi connectivity index (χ1) is 11.8. The van der Waals surface area contributed by atoms with Gasteiger partial charge in [-0.15, -0.1) is 0 Å². The van der Waals surface area contributed by atoms with Crippen LogP contribution in [0.5, 0.6) is 0 Å². The molecule has 2 fully saturated rings. The van der Waals surface area contributed by atoms with Crippen LogP contribution in [0.25, 0.3) is 0 Å². The molecule has 0 spiro atoms. The molecule has 1 saturated carbocycles. The molecule has 2 aliphatic rings. The number of nitrogens with zero attached hydrogens (tertiary/aromatic N) is 1. The van der Waals surface area contributed by atoms with Crippen molar-refractivity contribution >= 4 is 23.3 Å². The Labute approximate surface area is 149 Å². The van der Waals surface area contributed by atoms with E-state index in [1.54, 1.807) is 0 Å². The molecule has 3 rings (SSSR count). The van der Waals surface area contributed by atoms with Crippen molar-refractivity contribution in [3.8, 4) is 0 Å². The minimum Gasteiger partial charge on any atom is -0.353 e. The summed E-state index contributed by atoms with van der Waals surface area (Å²) < 4.78 is 38.1. The molecule has 2 heterocycles. The maximum absolute atomic E-state index is 12.7. The maximum atomic E-state index is 12.7. The second-order valence-electron chi connectivity index (χ2n) is 6.83. The van der Waals surface area contributed by atoms with Crippen molar-refractivity contribution in [1.82, 2.24) is 5.32 Å². The number of hydrogen-bond donors (Lipinski definition) is 1. The highest BCUT2D eigenvalue weighted by Gasteiger charge is 2.35. The highest BCUT2D eigenvalue weighted by Crippen LogP contribution is 2.33. The van der Waals surface area contributed by atoms with Crippen LogP contribution in [0.1, 0.15) is 44.1 Å². The lowest BCUT2D eigenvalue weighted by atomic mass is 9.95. The second kappa shape index (κ2) is 7.40. The third kappa shape index (κ3) is 4.37. The van der Waals surface area contributed by atoms with Gasteiger partial charge in [-0.3, -0.25) is 9.69 Å². The number of aromatic nitrogens is 1. The normalized spacial score (nSPS) is 20.1. The van der Waals surface area contributed by atoms with E-state index in [1.165, 1.54) is 12.8 Å². The van der Waals surface area contributed by atoms with Crippen LogP contribution in [0.4, 0.5) is 19.0 Å². The van der Waals surface area contributed by atoms with Crippen molar-refractivity contribution in [1.29, 1.82) is 0 Å². The Morgan fingerprint density at radius 2 is 1.84 bits per heavy atom. The Morgan fingerprint density at radius 3 is 2.40 bits per heavy atom. The number of hydrogen-bond acceptors (Lipinski definition) is 2. The lowest BCUT2D eigenvalue weighted by Gasteiger charge is -2.28. The molecule has 0 atom stereocenters. The number of nitrogens with one attached hydrogen (secondary N) is 2. The zero-order valence-electron chi connectivity index (χ0n) is 13.8. The van der Waals surface area contributed by atoms with E-state index >= 15 is 0 Å². The van der Waals surface area contributed by atoms with Gasteiger partial charge in [0.1, 0.15) is 11.2 Å². The monoisotopic (exact) mass is 376 g/mol. The van der Waals surface area contributed by atoms with Crippen molar-refractivity contribution in [3.05, 3.63) is 22.8 Å². The van der Waals surface area contributed by atoms with Crippen LogP contribution in [0.15, 0.2) is 12.3 Å². The van der Waals surface area contributed by atoms with Gasteiger partial charge in [0.05, 0.1) is 18.7 Å². The van der Waals surface area contributed by atoms with Crippen LogP contribution < -0.4 is 15.2 Å². The zero-order valence-corrected chi connectivity index (χ0v) is 14.6. The third-order valence-electron chi connectivity index (χ3n) is 5.08. The molecule has 1 aromatic heterocycles. The molecule has 0 aromatic carbocycles. The second-order valence-corrected chi connectivity index (χ2v) is 7.24. The van der Waals surface area contributed by atoms with Crippen LogP contribution in [-0.4, -0.2) is 25.0 Å². The van der Waals surface area contributed by atoms with Gasteiger partial charge in [-0.25, -0.2) is 4.98 Å². The summed E-state index contributed by atoms with van der Waals surface area (Å²) in [4.78, 5) is 16.9. The van der Waals surface area contributed by atoms with E-state index in [9.17, 15) is 18.0 Å². The summed E-state index contributed by atoms with van der Waals surface area (Å²) in [5.74, 6) is 0.545. The summed E-state index contributed by atoms with van der Waals surface area (Å²) in [5, 5.41) is 3.17. The van der Waals surface area contributed by atoms with E-state index in [4.69, 9.17) is 11.6 Å². The lowest BCUT2D eigenvalue weighted by molar-refractivity contribution is -0.367. The summed E-state index contributed by atoms with van der Waals surface area (Å²) in [7, 11) is 0. The molecular formula is C17H22ClF3N3O+. The fourth-order valence-electron chi connectivity index (χ4n) is 3.62. The van der Waals surface area contributed by atoms with Crippen molar-refractivity contribution in [2.75, 3.05) is 18.0 Å². The van der Waals surface area contributed by atoms with Gasteiger partial charge in [0, 0.05) is 12.0 Å². The smallest absolute Gasteiger partial charge is 0.353 e. The molecule has 1 amide bonds. The van der Waals surface area contributed by atoms with Gasteiger partial charge in [0.2, 0.25) is 5.91 Å². The number of carbonyl (C=O) groups excluding carboxylic acids is 1. The molecule has 4 nitrogen and oxygen atoms in total. The van der Waals surface area contributed by atoms with Crippen LogP contribution in [0.3, 0.4) is 0 Å². The van der Waals surface area contributed by atoms with Crippen LogP contribution >= 0.6 is 11.6 Å². The Bertz CT molecular complexity index is 624. The van der Waals surface area contributed by atoms with Crippen LogP contribution in [-0.2, 0) is 11.0 Å². The molecule has 0 radical (unpaired) electrons. The van der Waals surface area contributed by atoms with Gasteiger partial charge in [-0.1, -0.05) is 24.4 Å². The number of anilines is 1. The predicted molar refractivity (Wildman–Crippen MR) is 88.3 cm³/mol. The van der Waals surface area contributed by atoms with Crippen molar-refractivity contribution in [2.45, 2.75) is 50.7 Å². The van der Waals surface area contributed by atoms with Gasteiger partial charge in [-0.05, 0) is 31.7 Å². The first-order valence-electron chi connectivity index (χ1n) is 8.68. The number of H-pyrrole nitrogens is 1. The Hall–Kier alpha value is -1.50. The molecule has 138 valence electrons. The highest BCUT2D eigenvalue weighted by molar-refractivity contribution is 6.32. The molecule has 25 heavy (non-hydrogen) atoms. The SMILES string of the molecule is O=C(NC1CCCC1)C1CCN(c2[nH+]cc(C(F)(F)F)cc2Cl)CC1. The average molecular weight is 377 g/mol. The number of amides is 1. The molecule has 8 heteroatoms. The summed E-state index contributed by atoms with van der Waals surface area (Å²) in [6.07, 6.45) is 2.30. The number of pyridine rings is 1. The van der Waals surface area contributed by atoms with Crippen molar-refractivity contribution in [2.24, 2.45) is 5.92 Å². The fraction of sp³-hybridized carbons (Fsp3) is 0.647. The van der Waals surface area contributed by atoms with Crippen molar-refractivity contribution < 1.29 is 22.9 Å². The topological polar surface area (TPSA) is 46.5 Å². The number of alkyl halides is 3. The first-order valence-corrected chi connectivity index (χ1v) is 9.06. The zero-order chi connectivity index (χ0) is 18.0. The van der Waals surface area contributed by atoms with Crippen LogP contribution in [0.2, 0.25) is 5.02 Å². The molecule has 1 saturated heterocycles. The van der Waals surface area contributed by atoms with Gasteiger partial charge >= 0.3 is 6.18 Å². The molecule has 2 N–H and O–H groups in total. The van der Waals surface area contributed by atoms with Gasteiger partial charge < -0.3 is 5.32 Å². The molecule has 1 aliphatic carbocycles. The first kappa shape index (κ1) is 18.3. The van der Waals surface area contributed by atoms with E-state index in [2.05, 4.69) is 10.3 Å². The average Bonchev–Trinajstić information content (AvgIpc) is 3.07. The van der Waals surface area contributed by atoms with Crippen LogP contribution in [0, 0.1) is 5.92 Å². The number of halogens is 4. The van der Waals surface area contributed by atoms with E-state index in [0.29, 0.717) is 37.8 Å². The molecule has 0 unspecified atom stereocenters. The highest BCUT2D eigenvalue weighted by atomic mass is 35.5. The largest absolute Gasteiger partial charge is 0.419 e. The predicted octanol–water partition coefficient (Wildman–Crippen LogP) is 3.45. The summed E-state index contributed by atoms with van der Waals surface area (Å²) in [5.41, 5.74) is -0.799. The Morgan fingerprint density at radius 1 is 1.20 bits per heavy atom. The summed E-state index contributed by atoms with van der Waals surface area (Å²) >= 11 is 6.03. The Kier molecular flexibility index (Phi) is 5.41. The van der Waals surface area contributed by atoms with E-state index in [1.807, 2.05) is 4.90 Å². The third-order valence-corrected chi connectivity index (χ3v) is 5.37. The molecule has 0 bridgehead atoms. The van der Waals surface area contributed by atoms with Crippen molar-refractivity contribution in [3.63, 3.8) is 0 Å². The summed E-state index contributed by atoms with van der Waals surface area (Å²) in [6.45, 7) is 1.18. The lowest BCUT2D eigenvalue weighted by Crippen LogP contribution is -2.44. The minimum absolute atomic E-state index is 0.0370. The van der Waals surface area contributed by atoms with Gasteiger partial charge in [-0.2, -0.15) is 13.2 Å². The molecule has 1 aromatic rings. The number of piperidine rings is 1. The molecular weight excluding hydrogens is 355 g/mol. The van der Waals surface area contributed by atoms with E-state index in [-0.39, 0.29) is 16.8 Å². The maximum Gasteiger partial charge on any atom is 0.419 e. The number of aromatic amines is 1. The standard InChI is InChI=1S/C17H21ClF3N3O/c18-14-9-12(17(19,20)21)10-22-15(14)24-7-5-11(6-8-24)16(25)23-13-3-1-2-4-13/h9-11,13H,1-8H2,(H,23,25)/p+1. The number of carbonyl (C=O) groups is 1. The number of rotatable bonds is 3. The Balaban J connectivity index is 1.57. The molecule has 1 aliphatic heterocycles. The van der Waals surface area contributed by atoms with Gasteiger partial charge in [0.15, 0.2) is 0 Å². The summed E-state index contributed by atoms with van der Waals surface area (Å²) in [6, 6.07) is 1.25. The van der Waals surface area contributed by atoms with Gasteiger partial charge in [0.25, 0.3) is 5.82 Å². The minimum atomic E-state index is -4.43.